The fourth-order valence-corrected chi connectivity index (χ4v) is 3.99. The predicted molar refractivity (Wildman–Crippen MR) is 113 cm³/mol. The highest BCUT2D eigenvalue weighted by Crippen LogP contribution is 2.20. The van der Waals surface area contributed by atoms with E-state index in [0.717, 1.165) is 5.56 Å². The van der Waals surface area contributed by atoms with Crippen molar-refractivity contribution in [2.45, 2.75) is 38.8 Å². The van der Waals surface area contributed by atoms with E-state index < -0.39 is 11.8 Å². The van der Waals surface area contributed by atoms with E-state index in [-0.39, 0.29) is 31.0 Å². The number of ether oxygens (including phenoxy) is 1. The van der Waals surface area contributed by atoms with E-state index in [2.05, 4.69) is 5.32 Å². The number of carbonyl (C=O) groups excluding carboxylic acids is 4. The smallest absolute Gasteiger partial charge is 0.317 e. The number of hydrogen-bond donors (Lipinski definition) is 1. The van der Waals surface area contributed by atoms with Crippen LogP contribution in [0, 0.1) is 0 Å². The molecule has 4 amide bonds. The molecule has 1 N–H and O–H groups in total. The van der Waals surface area contributed by atoms with Crippen LogP contribution in [0.25, 0.3) is 0 Å². The van der Waals surface area contributed by atoms with Crippen LogP contribution in [0.15, 0.2) is 30.3 Å². The van der Waals surface area contributed by atoms with Gasteiger partial charge >= 0.3 is 23.8 Å². The van der Waals surface area contributed by atoms with Crippen LogP contribution in [0.3, 0.4) is 0 Å². The van der Waals surface area contributed by atoms with Crippen molar-refractivity contribution < 1.29 is 23.9 Å². The number of likely N-dealkylation sites (tertiary alicyclic amines) is 1. The Kier molecular flexibility index (Phi) is 7.86. The molecule has 0 unspecified atom stereocenters. The number of amides is 4. The van der Waals surface area contributed by atoms with Gasteiger partial charge in [-0.25, -0.2) is 4.79 Å². The molecule has 168 valence electrons. The summed E-state index contributed by atoms with van der Waals surface area (Å²) in [5.74, 6) is -1.26. The molecule has 2 fully saturated rings. The van der Waals surface area contributed by atoms with Gasteiger partial charge in [0.05, 0.1) is 13.0 Å². The van der Waals surface area contributed by atoms with Gasteiger partial charge in [-0.2, -0.15) is 0 Å². The molecule has 2 aliphatic heterocycles. The quantitative estimate of drug-likeness (QED) is 0.514. The molecule has 2 saturated heterocycles. The second kappa shape index (κ2) is 10.8. The highest BCUT2D eigenvalue weighted by Gasteiger charge is 2.37. The van der Waals surface area contributed by atoms with Crippen LogP contribution in [-0.4, -0.2) is 83.9 Å². The van der Waals surface area contributed by atoms with E-state index in [1.54, 1.807) is 21.6 Å². The predicted octanol–water partition coefficient (Wildman–Crippen LogP) is 0.985. The van der Waals surface area contributed by atoms with E-state index in [1.807, 2.05) is 30.3 Å². The number of nitrogens with zero attached hydrogens (tertiary/aromatic N) is 3. The van der Waals surface area contributed by atoms with Crippen LogP contribution in [0.5, 0.6) is 0 Å². The lowest BCUT2D eigenvalue weighted by Crippen LogP contribution is -2.59. The minimum Gasteiger partial charge on any atom is -0.466 e. The Hall–Kier alpha value is -3.10. The molecule has 0 spiro atoms. The van der Waals surface area contributed by atoms with Gasteiger partial charge in [0, 0.05) is 45.3 Å². The summed E-state index contributed by atoms with van der Waals surface area (Å²) in [5.41, 5.74) is 0.999. The number of urea groups is 1. The van der Waals surface area contributed by atoms with Gasteiger partial charge in [-0.3, -0.25) is 14.4 Å². The van der Waals surface area contributed by atoms with E-state index in [0.29, 0.717) is 52.2 Å². The summed E-state index contributed by atoms with van der Waals surface area (Å²) in [7, 11) is 0. The lowest BCUT2D eigenvalue weighted by atomic mass is 10.0. The summed E-state index contributed by atoms with van der Waals surface area (Å²) in [4.78, 5) is 53.9. The molecule has 31 heavy (non-hydrogen) atoms. The molecule has 3 rings (SSSR count). The Balaban J connectivity index is 1.43. The Morgan fingerprint density at radius 2 is 1.74 bits per heavy atom. The van der Waals surface area contributed by atoms with Gasteiger partial charge in [0.1, 0.15) is 0 Å². The molecular formula is C22H30N4O5. The Morgan fingerprint density at radius 1 is 1.03 bits per heavy atom. The van der Waals surface area contributed by atoms with Crippen LogP contribution in [0.2, 0.25) is 0 Å². The molecular weight excluding hydrogens is 400 g/mol. The molecule has 0 bridgehead atoms. The molecule has 1 aromatic carbocycles. The average molecular weight is 431 g/mol. The van der Waals surface area contributed by atoms with Crippen molar-refractivity contribution >= 4 is 23.8 Å². The molecule has 0 radical (unpaired) electrons. The minimum absolute atomic E-state index is 0.0427. The Morgan fingerprint density at radius 3 is 2.42 bits per heavy atom. The van der Waals surface area contributed by atoms with Gasteiger partial charge in [-0.1, -0.05) is 30.3 Å². The zero-order valence-electron chi connectivity index (χ0n) is 17.9. The fourth-order valence-electron chi connectivity index (χ4n) is 3.99. The number of benzene rings is 1. The van der Waals surface area contributed by atoms with Gasteiger partial charge in [-0.15, -0.1) is 0 Å². The van der Waals surface area contributed by atoms with Crippen LogP contribution in [0.4, 0.5) is 4.79 Å². The van der Waals surface area contributed by atoms with Crippen LogP contribution in [0.1, 0.15) is 31.7 Å². The summed E-state index contributed by atoms with van der Waals surface area (Å²) in [6, 6.07) is 9.37. The minimum atomic E-state index is -0.464. The first-order valence-electron chi connectivity index (χ1n) is 10.8. The van der Waals surface area contributed by atoms with Crippen molar-refractivity contribution in [2.75, 3.05) is 39.3 Å². The number of piperidine rings is 1. The zero-order valence-corrected chi connectivity index (χ0v) is 17.9. The normalized spacial score (nSPS) is 17.6. The highest BCUT2D eigenvalue weighted by atomic mass is 16.5. The SMILES string of the molecule is CCOC(=O)CCNC(=O)N1CCC(N2CCN(Cc3ccccc3)C(=O)C2=O)CC1. The molecule has 2 heterocycles. The highest BCUT2D eigenvalue weighted by molar-refractivity contribution is 6.35. The van der Waals surface area contributed by atoms with Gasteiger partial charge in [0.15, 0.2) is 0 Å². The van der Waals surface area contributed by atoms with E-state index in [1.165, 1.54) is 0 Å². The molecule has 9 heteroatoms. The third kappa shape index (κ3) is 5.96. The average Bonchev–Trinajstić information content (AvgIpc) is 2.78. The van der Waals surface area contributed by atoms with E-state index >= 15 is 0 Å². The Labute approximate surface area is 182 Å². The zero-order chi connectivity index (χ0) is 22.2. The van der Waals surface area contributed by atoms with Gasteiger partial charge in [-0.05, 0) is 25.3 Å². The second-order valence-corrected chi connectivity index (χ2v) is 7.72. The maximum absolute atomic E-state index is 12.7. The van der Waals surface area contributed by atoms with Gasteiger partial charge < -0.3 is 24.8 Å². The summed E-state index contributed by atoms with van der Waals surface area (Å²) in [5, 5.41) is 2.73. The topological polar surface area (TPSA) is 99.3 Å². The fraction of sp³-hybridized carbons (Fsp3) is 0.545. The number of carbonyl (C=O) groups is 4. The van der Waals surface area contributed by atoms with Crippen molar-refractivity contribution in [3.05, 3.63) is 35.9 Å². The maximum atomic E-state index is 12.7. The molecule has 9 nitrogen and oxygen atoms in total. The lowest BCUT2D eigenvalue weighted by Gasteiger charge is -2.42. The van der Waals surface area contributed by atoms with Crippen LogP contribution < -0.4 is 5.32 Å². The second-order valence-electron chi connectivity index (χ2n) is 7.72. The Bertz CT molecular complexity index is 792. The van der Waals surface area contributed by atoms with Crippen LogP contribution in [-0.2, 0) is 25.7 Å². The van der Waals surface area contributed by atoms with Crippen molar-refractivity contribution in [3.8, 4) is 0 Å². The van der Waals surface area contributed by atoms with Crippen molar-refractivity contribution in [2.24, 2.45) is 0 Å². The molecule has 0 saturated carbocycles. The van der Waals surface area contributed by atoms with E-state index in [9.17, 15) is 19.2 Å². The standard InChI is InChI=1S/C22H30N4O5/c1-2-31-19(27)8-11-23-22(30)24-12-9-18(10-13-24)26-15-14-25(20(28)21(26)29)16-17-6-4-3-5-7-17/h3-7,18H,2,8-16H2,1H3,(H,23,30). The largest absolute Gasteiger partial charge is 0.466 e. The summed E-state index contributed by atoms with van der Waals surface area (Å²) < 4.78 is 4.84. The monoisotopic (exact) mass is 430 g/mol. The molecule has 0 aliphatic carbocycles. The number of nitrogens with one attached hydrogen (secondary N) is 1. The number of esters is 1. The first kappa shape index (κ1) is 22.6. The third-order valence-corrected chi connectivity index (χ3v) is 5.66. The summed E-state index contributed by atoms with van der Waals surface area (Å²) >= 11 is 0. The third-order valence-electron chi connectivity index (χ3n) is 5.66. The van der Waals surface area contributed by atoms with E-state index in [4.69, 9.17) is 4.74 Å². The maximum Gasteiger partial charge on any atom is 0.317 e. The van der Waals surface area contributed by atoms with Crippen molar-refractivity contribution in [3.63, 3.8) is 0 Å². The van der Waals surface area contributed by atoms with Gasteiger partial charge in [0.2, 0.25) is 0 Å². The molecule has 2 aliphatic rings. The summed E-state index contributed by atoms with van der Waals surface area (Å²) in [6.45, 7) is 4.74. The number of rotatable bonds is 7. The van der Waals surface area contributed by atoms with Crippen molar-refractivity contribution in [1.82, 2.24) is 20.0 Å². The molecule has 1 aromatic rings. The number of piperazine rings is 1. The molecule has 0 atom stereocenters. The van der Waals surface area contributed by atoms with Crippen molar-refractivity contribution in [1.29, 1.82) is 0 Å². The molecule has 0 aromatic heterocycles. The number of hydrogen-bond acceptors (Lipinski definition) is 5. The van der Waals surface area contributed by atoms with Gasteiger partial charge in [0.25, 0.3) is 0 Å². The first-order valence-corrected chi connectivity index (χ1v) is 10.8. The summed E-state index contributed by atoms with van der Waals surface area (Å²) in [6.07, 6.45) is 1.39. The van der Waals surface area contributed by atoms with Crippen LogP contribution >= 0.6 is 0 Å². The first-order chi connectivity index (χ1) is 15.0. The lowest BCUT2D eigenvalue weighted by molar-refractivity contribution is -0.158.